The second-order valence-electron chi connectivity index (χ2n) is 12.5. The standard InChI is InChI=1S/C47H40N2O/c1-35-9-23-42(24-10-35)49(43-25-11-36(2)12-26-43)45-29-21-40(22-30-45)39-19-15-37(16-20-39)13-14-38-17-27-44(28-18-38)48(41-7-5-4-6-8-41)46-31-33-47(50-3)34-32-46/h4-34H,1-3H3/b14-13+. The Bertz CT molecular complexity index is 2110. The number of anilines is 6. The van der Waals surface area contributed by atoms with Crippen LogP contribution in [0, 0.1) is 13.8 Å². The average Bonchev–Trinajstić information content (AvgIpc) is 3.17. The highest BCUT2D eigenvalue weighted by molar-refractivity contribution is 5.80. The highest BCUT2D eigenvalue weighted by Crippen LogP contribution is 2.37. The summed E-state index contributed by atoms with van der Waals surface area (Å²) in [4.78, 5) is 4.56. The molecule has 7 aromatic carbocycles. The van der Waals surface area contributed by atoms with E-state index in [-0.39, 0.29) is 0 Å². The van der Waals surface area contributed by atoms with Gasteiger partial charge in [-0.1, -0.05) is 114 Å². The first kappa shape index (κ1) is 32.2. The van der Waals surface area contributed by atoms with Gasteiger partial charge in [0.2, 0.25) is 0 Å². The summed E-state index contributed by atoms with van der Waals surface area (Å²) in [6, 6.07) is 62.3. The second-order valence-corrected chi connectivity index (χ2v) is 12.5. The molecule has 0 aromatic heterocycles. The molecule has 0 bridgehead atoms. The van der Waals surface area contributed by atoms with E-state index in [1.54, 1.807) is 7.11 Å². The molecule has 0 unspecified atom stereocenters. The maximum Gasteiger partial charge on any atom is 0.119 e. The van der Waals surface area contributed by atoms with Crippen molar-refractivity contribution in [2.45, 2.75) is 13.8 Å². The van der Waals surface area contributed by atoms with Gasteiger partial charge in [-0.3, -0.25) is 0 Å². The number of benzene rings is 7. The van der Waals surface area contributed by atoms with Gasteiger partial charge in [0.05, 0.1) is 7.11 Å². The molecule has 0 aliphatic rings. The molecule has 0 fully saturated rings. The molecule has 50 heavy (non-hydrogen) atoms. The van der Waals surface area contributed by atoms with Gasteiger partial charge in [-0.05, 0) is 121 Å². The van der Waals surface area contributed by atoms with Crippen LogP contribution in [0.1, 0.15) is 22.3 Å². The Morgan fingerprint density at radius 2 is 0.680 bits per heavy atom. The molecule has 0 saturated carbocycles. The Balaban J connectivity index is 1.07. The van der Waals surface area contributed by atoms with Crippen molar-refractivity contribution >= 4 is 46.3 Å². The van der Waals surface area contributed by atoms with E-state index in [1.807, 2.05) is 18.2 Å². The Labute approximate surface area is 296 Å². The van der Waals surface area contributed by atoms with Crippen LogP contribution in [0.25, 0.3) is 23.3 Å². The van der Waals surface area contributed by atoms with Crippen molar-refractivity contribution in [2.75, 3.05) is 16.9 Å². The molecule has 0 N–H and O–H groups in total. The molecule has 0 radical (unpaired) electrons. The number of aryl methyl sites for hydroxylation is 2. The lowest BCUT2D eigenvalue weighted by Gasteiger charge is -2.26. The van der Waals surface area contributed by atoms with E-state index in [4.69, 9.17) is 4.74 Å². The molecular weight excluding hydrogens is 609 g/mol. The van der Waals surface area contributed by atoms with Crippen molar-refractivity contribution in [3.8, 4) is 16.9 Å². The van der Waals surface area contributed by atoms with Crippen molar-refractivity contribution in [1.82, 2.24) is 0 Å². The molecule has 3 nitrogen and oxygen atoms in total. The summed E-state index contributed by atoms with van der Waals surface area (Å²) in [5.74, 6) is 0.840. The van der Waals surface area contributed by atoms with Crippen molar-refractivity contribution in [1.29, 1.82) is 0 Å². The predicted molar refractivity (Wildman–Crippen MR) is 213 cm³/mol. The summed E-state index contributed by atoms with van der Waals surface area (Å²) in [5.41, 5.74) is 13.9. The van der Waals surface area contributed by atoms with Gasteiger partial charge in [-0.15, -0.1) is 0 Å². The van der Waals surface area contributed by atoms with Crippen molar-refractivity contribution in [3.05, 3.63) is 198 Å². The minimum absolute atomic E-state index is 0.840. The molecule has 244 valence electrons. The van der Waals surface area contributed by atoms with E-state index >= 15 is 0 Å². The highest BCUT2D eigenvalue weighted by atomic mass is 16.5. The first-order valence-corrected chi connectivity index (χ1v) is 17.0. The number of ether oxygens (including phenoxy) is 1. The lowest BCUT2D eigenvalue weighted by molar-refractivity contribution is 0.415. The zero-order chi connectivity index (χ0) is 34.3. The Morgan fingerprint density at radius 1 is 0.360 bits per heavy atom. The van der Waals surface area contributed by atoms with E-state index in [9.17, 15) is 0 Å². The number of nitrogens with zero attached hydrogens (tertiary/aromatic N) is 2. The fourth-order valence-corrected chi connectivity index (χ4v) is 6.11. The molecule has 7 rings (SSSR count). The van der Waals surface area contributed by atoms with Crippen LogP contribution in [-0.4, -0.2) is 7.11 Å². The van der Waals surface area contributed by atoms with Crippen molar-refractivity contribution in [3.63, 3.8) is 0 Å². The largest absolute Gasteiger partial charge is 0.497 e. The Hall–Kier alpha value is -6.32. The number of hydrogen-bond donors (Lipinski definition) is 0. The lowest BCUT2D eigenvalue weighted by atomic mass is 10.0. The third-order valence-electron chi connectivity index (χ3n) is 8.92. The van der Waals surface area contributed by atoms with Gasteiger partial charge >= 0.3 is 0 Å². The molecule has 0 spiro atoms. The van der Waals surface area contributed by atoms with Crippen molar-refractivity contribution < 1.29 is 4.74 Å². The molecule has 0 atom stereocenters. The second kappa shape index (κ2) is 14.8. The zero-order valence-corrected chi connectivity index (χ0v) is 28.7. The molecule has 7 aromatic rings. The maximum absolute atomic E-state index is 5.39. The lowest BCUT2D eigenvalue weighted by Crippen LogP contribution is -2.09. The van der Waals surface area contributed by atoms with Crippen LogP contribution in [0.5, 0.6) is 5.75 Å². The van der Waals surface area contributed by atoms with Crippen LogP contribution in [0.4, 0.5) is 34.1 Å². The average molecular weight is 649 g/mol. The third-order valence-corrected chi connectivity index (χ3v) is 8.92. The van der Waals surface area contributed by atoms with Gasteiger partial charge in [-0.25, -0.2) is 0 Å². The molecule has 3 heteroatoms. The minimum atomic E-state index is 0.840. The van der Waals surface area contributed by atoms with Crippen molar-refractivity contribution in [2.24, 2.45) is 0 Å². The quantitative estimate of drug-likeness (QED) is 0.137. The zero-order valence-electron chi connectivity index (χ0n) is 28.7. The van der Waals surface area contributed by atoms with Gasteiger partial charge in [0.25, 0.3) is 0 Å². The summed E-state index contributed by atoms with van der Waals surface area (Å²) >= 11 is 0. The first-order chi connectivity index (χ1) is 24.5. The predicted octanol–water partition coefficient (Wildman–Crippen LogP) is 13.1. The van der Waals surface area contributed by atoms with Crippen LogP contribution < -0.4 is 14.5 Å². The van der Waals surface area contributed by atoms with Crippen LogP contribution in [-0.2, 0) is 0 Å². The van der Waals surface area contributed by atoms with Gasteiger partial charge in [0.1, 0.15) is 5.75 Å². The van der Waals surface area contributed by atoms with Crippen LogP contribution in [0.15, 0.2) is 176 Å². The Kier molecular flexibility index (Phi) is 9.57. The first-order valence-electron chi connectivity index (χ1n) is 17.0. The van der Waals surface area contributed by atoms with E-state index in [0.29, 0.717) is 0 Å². The fraction of sp³-hybridized carbons (Fsp3) is 0.0638. The van der Waals surface area contributed by atoms with E-state index in [0.717, 1.165) is 51.0 Å². The van der Waals surface area contributed by atoms with Gasteiger partial charge < -0.3 is 14.5 Å². The monoisotopic (exact) mass is 648 g/mol. The normalized spacial score (nSPS) is 11.0. The van der Waals surface area contributed by atoms with Gasteiger partial charge in [-0.2, -0.15) is 0 Å². The Morgan fingerprint density at radius 3 is 1.10 bits per heavy atom. The van der Waals surface area contributed by atoms with E-state index in [1.165, 1.54) is 22.3 Å². The molecule has 0 heterocycles. The number of para-hydroxylation sites is 1. The molecule has 0 aliphatic heterocycles. The summed E-state index contributed by atoms with van der Waals surface area (Å²) in [7, 11) is 1.69. The third kappa shape index (κ3) is 7.38. The smallest absolute Gasteiger partial charge is 0.119 e. The van der Waals surface area contributed by atoms with Gasteiger partial charge in [0, 0.05) is 34.1 Å². The van der Waals surface area contributed by atoms with Crippen LogP contribution in [0.3, 0.4) is 0 Å². The summed E-state index contributed by atoms with van der Waals surface area (Å²) in [5, 5.41) is 0. The number of methoxy groups -OCH3 is 1. The fourth-order valence-electron chi connectivity index (χ4n) is 6.11. The molecule has 0 amide bonds. The minimum Gasteiger partial charge on any atom is -0.497 e. The van der Waals surface area contributed by atoms with Crippen LogP contribution >= 0.6 is 0 Å². The van der Waals surface area contributed by atoms with E-state index < -0.39 is 0 Å². The topological polar surface area (TPSA) is 15.7 Å². The van der Waals surface area contributed by atoms with Gasteiger partial charge in [0.15, 0.2) is 0 Å². The highest BCUT2D eigenvalue weighted by Gasteiger charge is 2.14. The SMILES string of the molecule is COc1ccc(N(c2ccccc2)c2ccc(/C=C/c3ccc(-c4ccc(N(c5ccc(C)cc5)c5ccc(C)cc5)cc4)cc3)cc2)cc1. The molecule has 0 aliphatic carbocycles. The number of hydrogen-bond acceptors (Lipinski definition) is 3. The number of rotatable bonds is 10. The summed E-state index contributed by atoms with van der Waals surface area (Å²) in [6.07, 6.45) is 4.33. The maximum atomic E-state index is 5.39. The molecular formula is C47H40N2O. The van der Waals surface area contributed by atoms with Crippen LogP contribution in [0.2, 0.25) is 0 Å². The summed E-state index contributed by atoms with van der Waals surface area (Å²) < 4.78 is 5.39. The van der Waals surface area contributed by atoms with E-state index in [2.05, 4.69) is 194 Å². The molecule has 0 saturated heterocycles. The summed E-state index contributed by atoms with van der Waals surface area (Å²) in [6.45, 7) is 4.25.